The number of hydrogen-bond acceptors (Lipinski definition) is 4. The maximum atomic E-state index is 12.8. The zero-order valence-corrected chi connectivity index (χ0v) is 15.4. The van der Waals surface area contributed by atoms with Crippen LogP contribution in [0.3, 0.4) is 0 Å². The fraction of sp³-hybridized carbons (Fsp3) is 0. The van der Waals surface area contributed by atoms with Gasteiger partial charge in [-0.3, -0.25) is 9.78 Å². The van der Waals surface area contributed by atoms with Crippen molar-refractivity contribution >= 4 is 11.9 Å². The van der Waals surface area contributed by atoms with Crippen LogP contribution in [0.5, 0.6) is 0 Å². The number of carbonyl (C=O) groups is 1. The standard InChI is InChI=1S/C24H16N4O/c25-15-20(24(29)18-8-3-1-4-9-18)14-21-17-28(22-11-5-2-6-12-22)27-23(21)19-10-7-13-26-16-19/h1-14,16-17H/b20-14+. The molecule has 0 aliphatic carbocycles. The van der Waals surface area contributed by atoms with Crippen molar-refractivity contribution in [2.45, 2.75) is 0 Å². The van der Waals surface area contributed by atoms with E-state index in [0.29, 0.717) is 16.8 Å². The molecule has 0 saturated carbocycles. The normalized spacial score (nSPS) is 11.1. The summed E-state index contributed by atoms with van der Waals surface area (Å²) in [7, 11) is 0. The van der Waals surface area contributed by atoms with Gasteiger partial charge in [-0.25, -0.2) is 4.68 Å². The highest BCUT2D eigenvalue weighted by Crippen LogP contribution is 2.25. The summed E-state index contributed by atoms with van der Waals surface area (Å²) in [5.74, 6) is -0.322. The van der Waals surface area contributed by atoms with E-state index in [4.69, 9.17) is 0 Å². The molecule has 5 heteroatoms. The first-order valence-corrected chi connectivity index (χ1v) is 9.03. The molecule has 138 valence electrons. The highest BCUT2D eigenvalue weighted by molar-refractivity contribution is 6.14. The molecule has 0 radical (unpaired) electrons. The summed E-state index contributed by atoms with van der Waals surface area (Å²) < 4.78 is 1.73. The third-order valence-electron chi connectivity index (χ3n) is 4.40. The van der Waals surface area contributed by atoms with Gasteiger partial charge in [0.15, 0.2) is 0 Å². The topological polar surface area (TPSA) is 71.6 Å². The van der Waals surface area contributed by atoms with E-state index < -0.39 is 0 Å². The van der Waals surface area contributed by atoms with Crippen molar-refractivity contribution in [3.05, 3.63) is 108 Å². The van der Waals surface area contributed by atoms with Crippen LogP contribution < -0.4 is 0 Å². The molecule has 0 fully saturated rings. The number of carbonyl (C=O) groups excluding carboxylic acids is 1. The predicted molar refractivity (Wildman–Crippen MR) is 111 cm³/mol. The van der Waals surface area contributed by atoms with Gasteiger partial charge in [0.1, 0.15) is 17.3 Å². The van der Waals surface area contributed by atoms with Crippen molar-refractivity contribution in [2.24, 2.45) is 0 Å². The van der Waals surface area contributed by atoms with Crippen LogP contribution in [0.1, 0.15) is 15.9 Å². The Bertz CT molecular complexity index is 1200. The third kappa shape index (κ3) is 3.87. The molecule has 0 aliphatic rings. The van der Waals surface area contributed by atoms with Gasteiger partial charge in [0.2, 0.25) is 5.78 Å². The Hall–Kier alpha value is -4.30. The van der Waals surface area contributed by atoms with Crippen molar-refractivity contribution in [3.8, 4) is 23.0 Å². The number of Topliss-reactive ketones (excluding diaryl/α,β-unsaturated/α-hetero) is 1. The molecule has 0 bridgehead atoms. The fourth-order valence-corrected chi connectivity index (χ4v) is 2.98. The molecule has 2 heterocycles. The maximum absolute atomic E-state index is 12.8. The van der Waals surface area contributed by atoms with E-state index in [1.807, 2.05) is 60.8 Å². The molecule has 5 nitrogen and oxygen atoms in total. The molecule has 2 aromatic carbocycles. The Labute approximate surface area is 168 Å². The van der Waals surface area contributed by atoms with Crippen LogP contribution in [-0.4, -0.2) is 20.5 Å². The number of nitrogens with zero attached hydrogens (tertiary/aromatic N) is 4. The minimum Gasteiger partial charge on any atom is -0.288 e. The molecular weight excluding hydrogens is 360 g/mol. The molecule has 0 atom stereocenters. The van der Waals surface area contributed by atoms with Crippen LogP contribution in [0.2, 0.25) is 0 Å². The summed E-state index contributed by atoms with van der Waals surface area (Å²) >= 11 is 0. The first kappa shape index (κ1) is 18.1. The first-order valence-electron chi connectivity index (χ1n) is 9.03. The predicted octanol–water partition coefficient (Wildman–Crippen LogP) is 4.72. The van der Waals surface area contributed by atoms with E-state index in [0.717, 1.165) is 11.3 Å². The van der Waals surface area contributed by atoms with Crippen molar-refractivity contribution in [1.29, 1.82) is 5.26 Å². The summed E-state index contributed by atoms with van der Waals surface area (Å²) in [4.78, 5) is 16.9. The van der Waals surface area contributed by atoms with Crippen molar-refractivity contribution in [1.82, 2.24) is 14.8 Å². The van der Waals surface area contributed by atoms with Gasteiger partial charge in [-0.15, -0.1) is 0 Å². The zero-order chi connectivity index (χ0) is 20.1. The quantitative estimate of drug-likeness (QED) is 0.287. The number of benzene rings is 2. The number of para-hydroxylation sites is 1. The summed E-state index contributed by atoms with van der Waals surface area (Å²) in [6, 6.07) is 24.2. The number of allylic oxidation sites excluding steroid dienone is 1. The summed E-state index contributed by atoms with van der Waals surface area (Å²) in [6.45, 7) is 0. The van der Waals surface area contributed by atoms with Crippen LogP contribution in [0.4, 0.5) is 0 Å². The van der Waals surface area contributed by atoms with Gasteiger partial charge in [0.05, 0.1) is 5.69 Å². The number of pyridine rings is 1. The van der Waals surface area contributed by atoms with E-state index >= 15 is 0 Å². The molecule has 2 aromatic heterocycles. The number of hydrogen-bond donors (Lipinski definition) is 0. The van der Waals surface area contributed by atoms with E-state index in [9.17, 15) is 10.1 Å². The van der Waals surface area contributed by atoms with E-state index in [1.165, 1.54) is 0 Å². The van der Waals surface area contributed by atoms with Crippen LogP contribution in [-0.2, 0) is 0 Å². The van der Waals surface area contributed by atoms with E-state index in [1.54, 1.807) is 47.4 Å². The Morgan fingerprint density at radius 3 is 2.34 bits per heavy atom. The maximum Gasteiger partial charge on any atom is 0.203 e. The molecule has 0 saturated heterocycles. The Morgan fingerprint density at radius 1 is 0.966 bits per heavy atom. The molecule has 0 N–H and O–H groups in total. The Balaban J connectivity index is 1.83. The minimum absolute atomic E-state index is 0.0500. The second-order valence-electron chi connectivity index (χ2n) is 6.32. The van der Waals surface area contributed by atoms with Crippen LogP contribution >= 0.6 is 0 Å². The van der Waals surface area contributed by atoms with Gasteiger partial charge in [-0.05, 0) is 30.3 Å². The molecule has 4 rings (SSSR count). The van der Waals surface area contributed by atoms with Crippen molar-refractivity contribution < 1.29 is 4.79 Å². The van der Waals surface area contributed by atoms with Gasteiger partial charge in [0, 0.05) is 35.3 Å². The van der Waals surface area contributed by atoms with Gasteiger partial charge in [-0.1, -0.05) is 48.5 Å². The second-order valence-corrected chi connectivity index (χ2v) is 6.32. The lowest BCUT2D eigenvalue weighted by atomic mass is 10.0. The largest absolute Gasteiger partial charge is 0.288 e. The second kappa shape index (κ2) is 8.15. The number of nitriles is 1. The molecule has 0 aliphatic heterocycles. The van der Waals surface area contributed by atoms with Gasteiger partial charge >= 0.3 is 0 Å². The monoisotopic (exact) mass is 376 g/mol. The molecular formula is C24H16N4O. The van der Waals surface area contributed by atoms with Gasteiger partial charge in [0.25, 0.3) is 0 Å². The van der Waals surface area contributed by atoms with Crippen LogP contribution in [0.25, 0.3) is 23.0 Å². The smallest absolute Gasteiger partial charge is 0.203 e. The van der Waals surface area contributed by atoms with Crippen LogP contribution in [0, 0.1) is 11.3 Å². The third-order valence-corrected chi connectivity index (χ3v) is 4.40. The number of ketones is 1. The Morgan fingerprint density at radius 2 is 1.69 bits per heavy atom. The molecule has 0 amide bonds. The van der Waals surface area contributed by atoms with Gasteiger partial charge < -0.3 is 0 Å². The minimum atomic E-state index is -0.322. The summed E-state index contributed by atoms with van der Waals surface area (Å²) in [5.41, 5.74) is 3.52. The van der Waals surface area contributed by atoms with E-state index in [2.05, 4.69) is 10.1 Å². The lowest BCUT2D eigenvalue weighted by Crippen LogP contribution is -2.01. The van der Waals surface area contributed by atoms with Crippen molar-refractivity contribution in [3.63, 3.8) is 0 Å². The van der Waals surface area contributed by atoms with E-state index in [-0.39, 0.29) is 11.4 Å². The highest BCUT2D eigenvalue weighted by atomic mass is 16.1. The molecule has 4 aromatic rings. The lowest BCUT2D eigenvalue weighted by molar-refractivity contribution is 0.104. The SMILES string of the molecule is N#C/C(=C\c1cn(-c2ccccc2)nc1-c1cccnc1)C(=O)c1ccccc1. The lowest BCUT2D eigenvalue weighted by Gasteiger charge is -2.00. The zero-order valence-electron chi connectivity index (χ0n) is 15.4. The van der Waals surface area contributed by atoms with Crippen LogP contribution in [0.15, 0.2) is 97.0 Å². The van der Waals surface area contributed by atoms with Gasteiger partial charge in [-0.2, -0.15) is 10.4 Å². The highest BCUT2D eigenvalue weighted by Gasteiger charge is 2.16. The summed E-state index contributed by atoms with van der Waals surface area (Å²) in [6.07, 6.45) is 6.80. The number of rotatable bonds is 5. The van der Waals surface area contributed by atoms with Crippen molar-refractivity contribution in [2.75, 3.05) is 0 Å². The molecule has 29 heavy (non-hydrogen) atoms. The molecule has 0 spiro atoms. The summed E-state index contributed by atoms with van der Waals surface area (Å²) in [5, 5.41) is 14.3. The Kier molecular flexibility index (Phi) is 5.08. The first-order chi connectivity index (χ1) is 14.3. The average Bonchev–Trinajstić information content (AvgIpc) is 3.23. The molecule has 0 unspecified atom stereocenters. The average molecular weight is 376 g/mol. The number of aromatic nitrogens is 3. The fourth-order valence-electron chi connectivity index (χ4n) is 2.98.